The highest BCUT2D eigenvalue weighted by atomic mass is 16.5. The first kappa shape index (κ1) is 19.0. The summed E-state index contributed by atoms with van der Waals surface area (Å²) in [6.45, 7) is 8.62. The Balaban J connectivity index is 1.63. The van der Waals surface area contributed by atoms with Crippen LogP contribution in [0.25, 0.3) is 0 Å². The smallest absolute Gasteiger partial charge is 0.254 e. The van der Waals surface area contributed by atoms with Crippen LogP contribution in [0.2, 0.25) is 0 Å². The Labute approximate surface area is 160 Å². The van der Waals surface area contributed by atoms with Crippen LogP contribution in [0.15, 0.2) is 42.5 Å². The van der Waals surface area contributed by atoms with Gasteiger partial charge in [0.25, 0.3) is 11.8 Å². The molecule has 2 amide bonds. The van der Waals surface area contributed by atoms with Crippen molar-refractivity contribution < 1.29 is 14.3 Å². The number of hydrogen-bond acceptors (Lipinski definition) is 3. The summed E-state index contributed by atoms with van der Waals surface area (Å²) < 4.78 is 5.54. The summed E-state index contributed by atoms with van der Waals surface area (Å²) in [4.78, 5) is 29.2. The molecule has 0 aromatic heterocycles. The van der Waals surface area contributed by atoms with E-state index in [4.69, 9.17) is 4.74 Å². The number of nitrogens with zero attached hydrogens (tertiary/aromatic N) is 2. The average molecular weight is 366 g/mol. The third-order valence-corrected chi connectivity index (χ3v) is 4.95. The van der Waals surface area contributed by atoms with Crippen LogP contribution in [0.3, 0.4) is 0 Å². The quantitative estimate of drug-likeness (QED) is 0.834. The largest absolute Gasteiger partial charge is 0.494 e. The van der Waals surface area contributed by atoms with Gasteiger partial charge in [0.15, 0.2) is 0 Å². The lowest BCUT2D eigenvalue weighted by Crippen LogP contribution is -2.50. The van der Waals surface area contributed by atoms with Crippen LogP contribution in [0.4, 0.5) is 0 Å². The van der Waals surface area contributed by atoms with Crippen molar-refractivity contribution in [3.63, 3.8) is 0 Å². The van der Waals surface area contributed by atoms with E-state index in [-0.39, 0.29) is 11.8 Å². The van der Waals surface area contributed by atoms with Crippen LogP contribution in [0.5, 0.6) is 5.75 Å². The standard InChI is InChI=1S/C22H26N2O3/c1-4-27-20-10-9-18(15-17(20)3)21(25)23-11-13-24(14-12-23)22(26)19-8-6-5-7-16(19)2/h5-10,15H,4,11-14H2,1-3H3. The van der Waals surface area contributed by atoms with Gasteiger partial charge in [0.05, 0.1) is 6.61 Å². The van der Waals surface area contributed by atoms with Gasteiger partial charge in [-0.2, -0.15) is 0 Å². The molecule has 1 saturated heterocycles. The lowest BCUT2D eigenvalue weighted by molar-refractivity contribution is 0.0535. The van der Waals surface area contributed by atoms with Gasteiger partial charge in [-0.25, -0.2) is 0 Å². The number of carbonyl (C=O) groups is 2. The van der Waals surface area contributed by atoms with E-state index in [1.54, 1.807) is 0 Å². The summed E-state index contributed by atoms with van der Waals surface area (Å²) in [7, 11) is 0. The molecule has 2 aromatic rings. The van der Waals surface area contributed by atoms with Crippen molar-refractivity contribution in [3.05, 3.63) is 64.7 Å². The maximum absolute atomic E-state index is 12.8. The number of benzene rings is 2. The average Bonchev–Trinajstić information content (AvgIpc) is 2.69. The van der Waals surface area contributed by atoms with Gasteiger partial charge in [-0.3, -0.25) is 9.59 Å². The fraction of sp³-hybridized carbons (Fsp3) is 0.364. The molecule has 27 heavy (non-hydrogen) atoms. The number of amides is 2. The van der Waals surface area contributed by atoms with Crippen LogP contribution in [-0.4, -0.2) is 54.4 Å². The second-order valence-corrected chi connectivity index (χ2v) is 6.81. The third kappa shape index (κ3) is 4.13. The van der Waals surface area contributed by atoms with Crippen LogP contribution in [-0.2, 0) is 0 Å². The Morgan fingerprint density at radius 2 is 1.52 bits per heavy atom. The summed E-state index contributed by atoms with van der Waals surface area (Å²) in [5.41, 5.74) is 3.33. The number of ether oxygens (including phenoxy) is 1. The van der Waals surface area contributed by atoms with Gasteiger partial charge in [-0.1, -0.05) is 18.2 Å². The van der Waals surface area contributed by atoms with Crippen molar-refractivity contribution in [2.24, 2.45) is 0 Å². The number of carbonyl (C=O) groups excluding carboxylic acids is 2. The highest BCUT2D eigenvalue weighted by Crippen LogP contribution is 2.21. The molecule has 0 N–H and O–H groups in total. The fourth-order valence-electron chi connectivity index (χ4n) is 3.38. The Morgan fingerprint density at radius 3 is 2.11 bits per heavy atom. The molecule has 1 aliphatic heterocycles. The highest BCUT2D eigenvalue weighted by Gasteiger charge is 2.26. The first-order chi connectivity index (χ1) is 13.0. The minimum atomic E-state index is 0.00383. The Bertz CT molecular complexity index is 839. The normalized spacial score (nSPS) is 14.2. The molecule has 0 radical (unpaired) electrons. The van der Waals surface area contributed by atoms with Crippen molar-refractivity contribution in [3.8, 4) is 5.75 Å². The summed E-state index contributed by atoms with van der Waals surface area (Å²) in [6.07, 6.45) is 0. The summed E-state index contributed by atoms with van der Waals surface area (Å²) in [5.74, 6) is 0.851. The summed E-state index contributed by atoms with van der Waals surface area (Å²) in [6, 6.07) is 13.2. The molecule has 5 nitrogen and oxygen atoms in total. The number of piperazine rings is 1. The van der Waals surface area contributed by atoms with E-state index in [0.29, 0.717) is 38.3 Å². The van der Waals surface area contributed by atoms with E-state index >= 15 is 0 Å². The number of aryl methyl sites for hydroxylation is 2. The zero-order chi connectivity index (χ0) is 19.4. The van der Waals surface area contributed by atoms with Gasteiger partial charge in [0.2, 0.25) is 0 Å². The minimum absolute atomic E-state index is 0.00383. The molecule has 1 aliphatic rings. The molecule has 3 rings (SSSR count). The highest BCUT2D eigenvalue weighted by molar-refractivity contribution is 5.97. The van der Waals surface area contributed by atoms with E-state index < -0.39 is 0 Å². The second-order valence-electron chi connectivity index (χ2n) is 6.81. The van der Waals surface area contributed by atoms with E-state index in [9.17, 15) is 9.59 Å². The molecule has 0 saturated carbocycles. The van der Waals surface area contributed by atoms with Crippen molar-refractivity contribution in [2.45, 2.75) is 20.8 Å². The van der Waals surface area contributed by atoms with Crippen LogP contribution in [0.1, 0.15) is 38.8 Å². The van der Waals surface area contributed by atoms with E-state index in [0.717, 1.165) is 22.4 Å². The predicted molar refractivity (Wildman–Crippen MR) is 105 cm³/mol. The zero-order valence-electron chi connectivity index (χ0n) is 16.2. The molecule has 0 bridgehead atoms. The minimum Gasteiger partial charge on any atom is -0.494 e. The molecule has 1 heterocycles. The molecule has 0 aliphatic carbocycles. The van der Waals surface area contributed by atoms with E-state index in [1.807, 2.05) is 73.0 Å². The van der Waals surface area contributed by atoms with Gasteiger partial charge in [0, 0.05) is 37.3 Å². The van der Waals surface area contributed by atoms with Crippen molar-refractivity contribution in [1.82, 2.24) is 9.80 Å². The van der Waals surface area contributed by atoms with Gasteiger partial charge in [-0.15, -0.1) is 0 Å². The van der Waals surface area contributed by atoms with Crippen LogP contribution in [0, 0.1) is 13.8 Å². The van der Waals surface area contributed by atoms with Crippen LogP contribution >= 0.6 is 0 Å². The summed E-state index contributed by atoms with van der Waals surface area (Å²) >= 11 is 0. The van der Waals surface area contributed by atoms with Crippen LogP contribution < -0.4 is 4.74 Å². The molecule has 0 spiro atoms. The monoisotopic (exact) mass is 366 g/mol. The topological polar surface area (TPSA) is 49.9 Å². The van der Waals surface area contributed by atoms with Crippen molar-refractivity contribution >= 4 is 11.8 Å². The maximum atomic E-state index is 12.8. The van der Waals surface area contributed by atoms with Gasteiger partial charge < -0.3 is 14.5 Å². The lowest BCUT2D eigenvalue weighted by atomic mass is 10.1. The molecular weight excluding hydrogens is 340 g/mol. The van der Waals surface area contributed by atoms with Crippen molar-refractivity contribution in [2.75, 3.05) is 32.8 Å². The number of rotatable bonds is 4. The first-order valence-corrected chi connectivity index (χ1v) is 9.39. The fourth-order valence-corrected chi connectivity index (χ4v) is 3.38. The third-order valence-electron chi connectivity index (χ3n) is 4.95. The lowest BCUT2D eigenvalue weighted by Gasteiger charge is -2.35. The maximum Gasteiger partial charge on any atom is 0.254 e. The molecule has 5 heteroatoms. The Hall–Kier alpha value is -2.82. The van der Waals surface area contributed by atoms with Gasteiger partial charge in [-0.05, 0) is 56.2 Å². The molecule has 0 atom stereocenters. The van der Waals surface area contributed by atoms with E-state index in [1.165, 1.54) is 0 Å². The zero-order valence-corrected chi connectivity index (χ0v) is 16.2. The Morgan fingerprint density at radius 1 is 0.889 bits per heavy atom. The molecule has 2 aromatic carbocycles. The van der Waals surface area contributed by atoms with Crippen molar-refractivity contribution in [1.29, 1.82) is 0 Å². The first-order valence-electron chi connectivity index (χ1n) is 9.39. The molecule has 0 unspecified atom stereocenters. The SMILES string of the molecule is CCOc1ccc(C(=O)N2CCN(C(=O)c3ccccc3C)CC2)cc1C. The second kappa shape index (κ2) is 8.25. The van der Waals surface area contributed by atoms with Gasteiger partial charge >= 0.3 is 0 Å². The summed E-state index contributed by atoms with van der Waals surface area (Å²) in [5, 5.41) is 0. The predicted octanol–water partition coefficient (Wildman–Crippen LogP) is 3.30. The molecular formula is C22H26N2O3. The molecule has 1 fully saturated rings. The van der Waals surface area contributed by atoms with E-state index in [2.05, 4.69) is 0 Å². The number of hydrogen-bond donors (Lipinski definition) is 0. The Kier molecular flexibility index (Phi) is 5.79. The molecule has 142 valence electrons. The van der Waals surface area contributed by atoms with Gasteiger partial charge in [0.1, 0.15) is 5.75 Å².